The lowest BCUT2D eigenvalue weighted by Gasteiger charge is -2.14. The molecule has 134 valence electrons. The summed E-state index contributed by atoms with van der Waals surface area (Å²) >= 11 is 6.16. The lowest BCUT2D eigenvalue weighted by Crippen LogP contribution is -2.24. The Balaban J connectivity index is 1.84. The molecule has 0 saturated heterocycles. The van der Waals surface area contributed by atoms with E-state index in [1.54, 1.807) is 17.6 Å². The number of ether oxygens (including phenoxy) is 1. The molecular formula is C20H16ClF2NO2. The van der Waals surface area contributed by atoms with E-state index in [4.69, 9.17) is 16.3 Å². The first kappa shape index (κ1) is 18.1. The lowest BCUT2D eigenvalue weighted by atomic mass is 10.2. The maximum absolute atomic E-state index is 13.7. The van der Waals surface area contributed by atoms with E-state index in [9.17, 15) is 13.6 Å². The highest BCUT2D eigenvalue weighted by Gasteiger charge is 2.14. The van der Waals surface area contributed by atoms with Crippen LogP contribution in [0.3, 0.4) is 0 Å². The smallest absolute Gasteiger partial charge is 0.273 e. The molecular weight excluding hydrogens is 360 g/mol. The number of hydrogen-bond acceptors (Lipinski definition) is 2. The van der Waals surface area contributed by atoms with Gasteiger partial charge < -0.3 is 9.30 Å². The maximum atomic E-state index is 13.7. The number of aromatic nitrogens is 1. The van der Waals surface area contributed by atoms with Gasteiger partial charge in [-0.15, -0.1) is 0 Å². The van der Waals surface area contributed by atoms with Crippen molar-refractivity contribution < 1.29 is 13.5 Å². The van der Waals surface area contributed by atoms with Gasteiger partial charge in [-0.3, -0.25) is 4.79 Å². The summed E-state index contributed by atoms with van der Waals surface area (Å²) in [5, 5.41) is -0.0750. The quantitative estimate of drug-likeness (QED) is 0.646. The summed E-state index contributed by atoms with van der Waals surface area (Å²) in [5.74, 6) is -1.21. The minimum absolute atomic E-state index is 0.0750. The van der Waals surface area contributed by atoms with Crippen LogP contribution in [0.4, 0.5) is 8.78 Å². The molecule has 0 unspecified atom stereocenters. The molecule has 3 aromatic rings. The van der Waals surface area contributed by atoms with Gasteiger partial charge in [-0.1, -0.05) is 41.9 Å². The van der Waals surface area contributed by atoms with Gasteiger partial charge in [0.1, 0.15) is 29.0 Å². The molecule has 0 aliphatic carbocycles. The molecule has 3 rings (SSSR count). The second-order valence-electron chi connectivity index (χ2n) is 5.87. The predicted octanol–water partition coefficient (Wildman–Crippen LogP) is 4.72. The fourth-order valence-corrected chi connectivity index (χ4v) is 2.79. The van der Waals surface area contributed by atoms with Crippen LogP contribution in [0.15, 0.2) is 59.4 Å². The Kier molecular flexibility index (Phi) is 5.38. The fourth-order valence-electron chi connectivity index (χ4n) is 2.58. The molecule has 1 heterocycles. The van der Waals surface area contributed by atoms with Gasteiger partial charge in [-0.25, -0.2) is 8.78 Å². The zero-order valence-corrected chi connectivity index (χ0v) is 14.8. The molecule has 0 saturated carbocycles. The summed E-state index contributed by atoms with van der Waals surface area (Å²) in [7, 11) is 0. The first-order valence-corrected chi connectivity index (χ1v) is 8.34. The van der Waals surface area contributed by atoms with Crippen LogP contribution in [0.5, 0.6) is 5.75 Å². The normalized spacial score (nSPS) is 10.8. The fraction of sp³-hybridized carbons (Fsp3) is 0.150. The van der Waals surface area contributed by atoms with Crippen molar-refractivity contribution in [2.75, 3.05) is 0 Å². The number of hydrogen-bond donors (Lipinski definition) is 0. The Hall–Kier alpha value is -2.66. The zero-order chi connectivity index (χ0) is 18.7. The summed E-state index contributed by atoms with van der Waals surface area (Å²) in [6.45, 7) is 2.00. The third-order valence-electron chi connectivity index (χ3n) is 4.00. The Bertz CT molecular complexity index is 987. The van der Waals surface area contributed by atoms with Gasteiger partial charge in [0.2, 0.25) is 0 Å². The number of halogens is 3. The Morgan fingerprint density at radius 3 is 2.50 bits per heavy atom. The van der Waals surface area contributed by atoms with Gasteiger partial charge in [0.25, 0.3) is 5.56 Å². The van der Waals surface area contributed by atoms with Crippen molar-refractivity contribution in [3.05, 3.63) is 98.4 Å². The molecule has 0 aliphatic heterocycles. The van der Waals surface area contributed by atoms with Crippen LogP contribution in [0.25, 0.3) is 0 Å². The van der Waals surface area contributed by atoms with E-state index in [1.807, 2.05) is 30.3 Å². The van der Waals surface area contributed by atoms with Gasteiger partial charge in [-0.2, -0.15) is 0 Å². The number of nitrogens with zero attached hydrogens (tertiary/aromatic N) is 1. The first-order valence-electron chi connectivity index (χ1n) is 7.96. The summed E-state index contributed by atoms with van der Waals surface area (Å²) in [6, 6.07) is 14.4. The zero-order valence-electron chi connectivity index (χ0n) is 14.0. The van der Waals surface area contributed by atoms with Crippen molar-refractivity contribution in [1.82, 2.24) is 4.57 Å². The molecule has 6 heteroatoms. The highest BCUT2D eigenvalue weighted by Crippen LogP contribution is 2.24. The number of rotatable bonds is 5. The van der Waals surface area contributed by atoms with E-state index in [-0.39, 0.29) is 28.5 Å². The van der Waals surface area contributed by atoms with Crippen molar-refractivity contribution >= 4 is 11.6 Å². The van der Waals surface area contributed by atoms with Gasteiger partial charge in [0.15, 0.2) is 0 Å². The van der Waals surface area contributed by atoms with E-state index in [0.29, 0.717) is 12.2 Å². The molecule has 0 fully saturated rings. The Morgan fingerprint density at radius 1 is 1.08 bits per heavy atom. The average molecular weight is 376 g/mol. The number of benzene rings is 2. The van der Waals surface area contributed by atoms with Crippen LogP contribution in [0.2, 0.25) is 5.02 Å². The minimum atomic E-state index is -0.713. The average Bonchev–Trinajstić information content (AvgIpc) is 2.63. The highest BCUT2D eigenvalue weighted by atomic mass is 35.5. The lowest BCUT2D eigenvalue weighted by molar-refractivity contribution is 0.298. The van der Waals surface area contributed by atoms with E-state index in [2.05, 4.69) is 0 Å². The van der Waals surface area contributed by atoms with Crippen LogP contribution in [-0.4, -0.2) is 4.57 Å². The van der Waals surface area contributed by atoms with Crippen LogP contribution in [0, 0.1) is 18.6 Å². The van der Waals surface area contributed by atoms with Gasteiger partial charge in [0.05, 0.1) is 6.54 Å². The van der Waals surface area contributed by atoms with E-state index < -0.39 is 11.6 Å². The summed E-state index contributed by atoms with van der Waals surface area (Å²) in [4.78, 5) is 12.6. The predicted molar refractivity (Wildman–Crippen MR) is 96.7 cm³/mol. The Labute approximate surface area is 154 Å². The van der Waals surface area contributed by atoms with Crippen LogP contribution in [-0.2, 0) is 13.2 Å². The van der Waals surface area contributed by atoms with E-state index in [1.165, 1.54) is 6.07 Å². The van der Waals surface area contributed by atoms with Gasteiger partial charge >= 0.3 is 0 Å². The molecule has 0 aliphatic rings. The molecule has 0 amide bonds. The van der Waals surface area contributed by atoms with E-state index in [0.717, 1.165) is 17.7 Å². The summed E-state index contributed by atoms with van der Waals surface area (Å²) in [6.07, 6.45) is 0. The van der Waals surface area contributed by atoms with Crippen molar-refractivity contribution in [2.45, 2.75) is 20.1 Å². The molecule has 0 bridgehead atoms. The van der Waals surface area contributed by atoms with Crippen molar-refractivity contribution in [3.8, 4) is 5.75 Å². The largest absolute Gasteiger partial charge is 0.487 e. The molecule has 0 atom stereocenters. The van der Waals surface area contributed by atoms with Gasteiger partial charge in [0, 0.05) is 23.4 Å². The first-order chi connectivity index (χ1) is 12.5. The summed E-state index contributed by atoms with van der Waals surface area (Å²) in [5.41, 5.74) is 1.42. The molecule has 2 aromatic carbocycles. The monoisotopic (exact) mass is 375 g/mol. The third-order valence-corrected chi connectivity index (χ3v) is 4.34. The molecule has 3 nitrogen and oxygen atoms in total. The minimum Gasteiger partial charge on any atom is -0.487 e. The van der Waals surface area contributed by atoms with Crippen LogP contribution < -0.4 is 10.3 Å². The van der Waals surface area contributed by atoms with Crippen LogP contribution >= 0.6 is 11.6 Å². The molecule has 0 N–H and O–H groups in total. The number of pyridine rings is 1. The van der Waals surface area contributed by atoms with Crippen molar-refractivity contribution in [2.24, 2.45) is 0 Å². The molecule has 0 radical (unpaired) electrons. The second kappa shape index (κ2) is 7.70. The van der Waals surface area contributed by atoms with Crippen molar-refractivity contribution in [1.29, 1.82) is 0 Å². The topological polar surface area (TPSA) is 31.2 Å². The second-order valence-corrected chi connectivity index (χ2v) is 6.24. The highest BCUT2D eigenvalue weighted by molar-refractivity contribution is 6.31. The number of aryl methyl sites for hydroxylation is 1. The van der Waals surface area contributed by atoms with Crippen molar-refractivity contribution in [3.63, 3.8) is 0 Å². The SMILES string of the molecule is Cc1cc(OCc2ccc(F)cc2F)c(Cl)c(=O)n1Cc1ccccc1. The molecule has 0 spiro atoms. The van der Waals surface area contributed by atoms with Crippen LogP contribution in [0.1, 0.15) is 16.8 Å². The van der Waals surface area contributed by atoms with E-state index >= 15 is 0 Å². The maximum Gasteiger partial charge on any atom is 0.273 e. The third kappa shape index (κ3) is 3.94. The Morgan fingerprint density at radius 2 is 1.81 bits per heavy atom. The summed E-state index contributed by atoms with van der Waals surface area (Å²) < 4.78 is 33.7. The van der Waals surface area contributed by atoms with Gasteiger partial charge in [-0.05, 0) is 24.6 Å². The molecule has 1 aromatic heterocycles. The molecule has 26 heavy (non-hydrogen) atoms. The standard InChI is InChI=1S/C20H16ClF2NO2/c1-13-9-18(26-12-15-7-8-16(22)10-17(15)23)19(21)20(25)24(13)11-14-5-3-2-4-6-14/h2-10H,11-12H2,1H3.